The van der Waals surface area contributed by atoms with Crippen molar-refractivity contribution in [3.05, 3.63) is 18.1 Å². The van der Waals surface area contributed by atoms with Crippen LogP contribution in [-0.2, 0) is 0 Å². The summed E-state index contributed by atoms with van der Waals surface area (Å²) in [5, 5.41) is 14.4. The molecule has 0 unspecified atom stereocenters. The van der Waals surface area contributed by atoms with Gasteiger partial charge in [0.2, 0.25) is 0 Å². The maximum absolute atomic E-state index is 9.47. The molecule has 1 N–H and O–H groups in total. The number of rotatable bonds is 1. The van der Waals surface area contributed by atoms with Gasteiger partial charge in [-0.25, -0.2) is 9.50 Å². The second kappa shape index (κ2) is 2.92. The van der Waals surface area contributed by atoms with E-state index in [-0.39, 0.29) is 5.75 Å². The fourth-order valence-electron chi connectivity index (χ4n) is 1.26. The first-order valence-electron chi connectivity index (χ1n) is 3.80. The topological polar surface area (TPSA) is 50.4 Å². The fraction of sp³-hybridized carbons (Fsp3) is 0.250. The highest BCUT2D eigenvalue weighted by Crippen LogP contribution is 2.27. The molecule has 0 aromatic carbocycles. The second-order valence-electron chi connectivity index (χ2n) is 2.70. The van der Waals surface area contributed by atoms with Gasteiger partial charge in [-0.2, -0.15) is 5.10 Å². The highest BCUT2D eigenvalue weighted by Gasteiger charge is 2.10. The average Bonchev–Trinajstić information content (AvgIpc) is 2.43. The van der Waals surface area contributed by atoms with Gasteiger partial charge >= 0.3 is 0 Å². The molecular formula is C8H9N3OS. The Hall–Kier alpha value is -1.23. The summed E-state index contributed by atoms with van der Waals surface area (Å²) in [7, 11) is 0. The van der Waals surface area contributed by atoms with Crippen molar-refractivity contribution >= 4 is 17.3 Å². The van der Waals surface area contributed by atoms with Crippen LogP contribution >= 0.6 is 11.8 Å². The zero-order valence-corrected chi connectivity index (χ0v) is 8.17. The van der Waals surface area contributed by atoms with Crippen molar-refractivity contribution in [1.82, 2.24) is 14.6 Å². The summed E-state index contributed by atoms with van der Waals surface area (Å²) in [5.41, 5.74) is 1.71. The van der Waals surface area contributed by atoms with Gasteiger partial charge in [0.25, 0.3) is 0 Å². The number of aryl methyl sites for hydroxylation is 1. The van der Waals surface area contributed by atoms with Crippen LogP contribution in [-0.4, -0.2) is 26.0 Å². The molecule has 5 heteroatoms. The highest BCUT2D eigenvalue weighted by atomic mass is 32.2. The highest BCUT2D eigenvalue weighted by molar-refractivity contribution is 7.98. The molecule has 0 radical (unpaired) electrons. The van der Waals surface area contributed by atoms with Crippen LogP contribution in [0.15, 0.2) is 17.6 Å². The molecular weight excluding hydrogens is 186 g/mol. The summed E-state index contributed by atoms with van der Waals surface area (Å²) in [6.07, 6.45) is 5.02. The van der Waals surface area contributed by atoms with Gasteiger partial charge in [-0.1, -0.05) is 0 Å². The van der Waals surface area contributed by atoms with Crippen LogP contribution in [0.3, 0.4) is 0 Å². The van der Waals surface area contributed by atoms with Crippen LogP contribution < -0.4 is 0 Å². The second-order valence-corrected chi connectivity index (χ2v) is 3.50. The first-order chi connectivity index (χ1) is 6.24. The maximum atomic E-state index is 9.47. The Balaban J connectivity index is 2.87. The molecule has 0 aliphatic rings. The minimum atomic E-state index is 0.260. The van der Waals surface area contributed by atoms with Crippen LogP contribution in [0.1, 0.15) is 5.56 Å². The van der Waals surface area contributed by atoms with Crippen LogP contribution in [0.2, 0.25) is 0 Å². The zero-order chi connectivity index (χ0) is 9.42. The van der Waals surface area contributed by atoms with E-state index in [0.717, 1.165) is 16.1 Å². The SMILES string of the molecule is CSc1ncnn2cc(O)c(C)c12. The van der Waals surface area contributed by atoms with E-state index < -0.39 is 0 Å². The van der Waals surface area contributed by atoms with Gasteiger partial charge in [0.15, 0.2) is 0 Å². The largest absolute Gasteiger partial charge is 0.506 e. The molecule has 0 atom stereocenters. The van der Waals surface area contributed by atoms with Gasteiger partial charge in [0, 0.05) is 5.56 Å². The molecule has 0 amide bonds. The van der Waals surface area contributed by atoms with Gasteiger partial charge in [0.1, 0.15) is 22.6 Å². The van der Waals surface area contributed by atoms with E-state index in [1.807, 2.05) is 13.2 Å². The molecule has 0 aliphatic carbocycles. The first-order valence-corrected chi connectivity index (χ1v) is 5.02. The molecule has 4 nitrogen and oxygen atoms in total. The lowest BCUT2D eigenvalue weighted by Gasteiger charge is -1.98. The summed E-state index contributed by atoms with van der Waals surface area (Å²) in [4.78, 5) is 4.12. The molecule has 2 rings (SSSR count). The third-order valence-corrected chi connectivity index (χ3v) is 2.65. The van der Waals surface area contributed by atoms with Crippen molar-refractivity contribution in [2.45, 2.75) is 11.9 Å². The van der Waals surface area contributed by atoms with Crippen LogP contribution in [0.5, 0.6) is 5.75 Å². The monoisotopic (exact) mass is 195 g/mol. The van der Waals surface area contributed by atoms with Gasteiger partial charge in [0.05, 0.1) is 6.20 Å². The van der Waals surface area contributed by atoms with Crippen molar-refractivity contribution in [1.29, 1.82) is 0 Å². The molecule has 0 aliphatic heterocycles. The maximum Gasteiger partial charge on any atom is 0.139 e. The molecule has 0 saturated heterocycles. The number of thioether (sulfide) groups is 1. The van der Waals surface area contributed by atoms with E-state index in [4.69, 9.17) is 0 Å². The number of aromatic nitrogens is 3. The van der Waals surface area contributed by atoms with E-state index in [0.29, 0.717) is 0 Å². The smallest absolute Gasteiger partial charge is 0.139 e. The van der Waals surface area contributed by atoms with E-state index >= 15 is 0 Å². The minimum Gasteiger partial charge on any atom is -0.506 e. The molecule has 2 aromatic rings. The average molecular weight is 195 g/mol. The molecule has 2 heterocycles. The Morgan fingerprint density at radius 2 is 2.31 bits per heavy atom. The van der Waals surface area contributed by atoms with E-state index in [9.17, 15) is 5.11 Å². The predicted molar refractivity (Wildman–Crippen MR) is 51.2 cm³/mol. The molecule has 0 bridgehead atoms. The molecule has 0 spiro atoms. The number of fused-ring (bicyclic) bond motifs is 1. The lowest BCUT2D eigenvalue weighted by molar-refractivity contribution is 0.471. The fourth-order valence-corrected chi connectivity index (χ4v) is 1.86. The van der Waals surface area contributed by atoms with E-state index in [1.165, 1.54) is 6.33 Å². The molecule has 0 saturated carbocycles. The summed E-state index contributed by atoms with van der Waals surface area (Å²) in [6.45, 7) is 1.85. The lowest BCUT2D eigenvalue weighted by Crippen LogP contribution is -1.93. The van der Waals surface area contributed by atoms with Crippen LogP contribution in [0, 0.1) is 6.92 Å². The Bertz CT molecular complexity index is 452. The van der Waals surface area contributed by atoms with Gasteiger partial charge in [-0.3, -0.25) is 0 Å². The number of aromatic hydroxyl groups is 1. The number of hydrogen-bond donors (Lipinski definition) is 1. The van der Waals surface area contributed by atoms with E-state index in [1.54, 1.807) is 22.5 Å². The number of hydrogen-bond acceptors (Lipinski definition) is 4. The van der Waals surface area contributed by atoms with Crippen molar-refractivity contribution in [2.24, 2.45) is 0 Å². The molecule has 0 fully saturated rings. The third-order valence-electron chi connectivity index (χ3n) is 1.96. The van der Waals surface area contributed by atoms with Gasteiger partial charge < -0.3 is 5.11 Å². The summed E-state index contributed by atoms with van der Waals surface area (Å²) >= 11 is 1.54. The predicted octanol–water partition coefficient (Wildman–Crippen LogP) is 1.47. The Kier molecular flexibility index (Phi) is 1.88. The number of nitrogens with zero attached hydrogens (tertiary/aromatic N) is 3. The Labute approximate surface area is 79.6 Å². The zero-order valence-electron chi connectivity index (χ0n) is 7.35. The third kappa shape index (κ3) is 1.16. The van der Waals surface area contributed by atoms with Crippen LogP contribution in [0.25, 0.3) is 5.52 Å². The molecule has 13 heavy (non-hydrogen) atoms. The summed E-state index contributed by atoms with van der Waals surface area (Å²) in [5.74, 6) is 0.260. The minimum absolute atomic E-state index is 0.260. The summed E-state index contributed by atoms with van der Waals surface area (Å²) in [6, 6.07) is 0. The van der Waals surface area contributed by atoms with Crippen LogP contribution in [0.4, 0.5) is 0 Å². The van der Waals surface area contributed by atoms with E-state index in [2.05, 4.69) is 10.1 Å². The van der Waals surface area contributed by atoms with Crippen molar-refractivity contribution < 1.29 is 5.11 Å². The first kappa shape index (κ1) is 8.37. The normalized spacial score (nSPS) is 10.9. The molecule has 2 aromatic heterocycles. The van der Waals surface area contributed by atoms with Crippen molar-refractivity contribution in [3.63, 3.8) is 0 Å². The summed E-state index contributed by atoms with van der Waals surface area (Å²) < 4.78 is 1.64. The quantitative estimate of drug-likeness (QED) is 0.700. The standard InChI is InChI=1S/C8H9N3OS/c1-5-6(12)3-11-7(5)8(13-2)9-4-10-11/h3-4,12H,1-2H3. The Morgan fingerprint density at radius 1 is 1.54 bits per heavy atom. The Morgan fingerprint density at radius 3 is 3.00 bits per heavy atom. The molecule has 68 valence electrons. The lowest BCUT2D eigenvalue weighted by atomic mass is 10.3. The van der Waals surface area contributed by atoms with Gasteiger partial charge in [-0.05, 0) is 13.2 Å². The van der Waals surface area contributed by atoms with Crippen molar-refractivity contribution in [2.75, 3.05) is 6.26 Å². The van der Waals surface area contributed by atoms with Crippen molar-refractivity contribution in [3.8, 4) is 5.75 Å². The van der Waals surface area contributed by atoms with Gasteiger partial charge in [-0.15, -0.1) is 11.8 Å².